The van der Waals surface area contributed by atoms with Crippen LogP contribution in [0.4, 0.5) is 0 Å². The molecule has 26 heavy (non-hydrogen) atoms. The van der Waals surface area contributed by atoms with Crippen molar-refractivity contribution in [2.24, 2.45) is 0 Å². The highest BCUT2D eigenvalue weighted by Crippen LogP contribution is 2.29. The zero-order chi connectivity index (χ0) is 18.5. The lowest BCUT2D eigenvalue weighted by Crippen LogP contribution is -2.42. The number of hydrogen-bond donors (Lipinski definition) is 0. The quantitative estimate of drug-likeness (QED) is 0.711. The maximum Gasteiger partial charge on any atom is 0.277 e. The van der Waals surface area contributed by atoms with Gasteiger partial charge in [0.25, 0.3) is 5.22 Å². The maximum atomic E-state index is 12.7. The van der Waals surface area contributed by atoms with Crippen LogP contribution in [0.1, 0.15) is 39.0 Å². The molecule has 1 fully saturated rings. The molecule has 1 aromatic carbocycles. The summed E-state index contributed by atoms with van der Waals surface area (Å²) in [6.45, 7) is 1.89. The number of thioether (sulfide) groups is 1. The van der Waals surface area contributed by atoms with Crippen molar-refractivity contribution in [3.8, 4) is 17.2 Å². The number of nitrogens with zero attached hydrogens (tertiary/aromatic N) is 3. The Hall–Kier alpha value is -2.02. The molecule has 0 N–H and O–H groups in total. The maximum absolute atomic E-state index is 12.7. The van der Waals surface area contributed by atoms with Crippen molar-refractivity contribution in [1.29, 1.82) is 0 Å². The molecule has 0 aliphatic heterocycles. The first-order chi connectivity index (χ1) is 12.6. The Morgan fingerprint density at radius 1 is 1.23 bits per heavy atom. The van der Waals surface area contributed by atoms with Gasteiger partial charge in [-0.05, 0) is 44.0 Å². The third-order valence-corrected chi connectivity index (χ3v) is 5.76. The number of carbonyl (C=O) groups excluding carboxylic acids is 1. The number of carbonyl (C=O) groups is 1. The van der Waals surface area contributed by atoms with E-state index in [-0.39, 0.29) is 11.2 Å². The highest BCUT2D eigenvalue weighted by molar-refractivity contribution is 8.00. The van der Waals surface area contributed by atoms with Gasteiger partial charge in [-0.15, -0.1) is 10.2 Å². The fourth-order valence-corrected chi connectivity index (χ4v) is 4.03. The number of ether oxygens (including phenoxy) is 1. The fourth-order valence-electron chi connectivity index (χ4n) is 3.24. The number of hydrogen-bond acceptors (Lipinski definition) is 6. The van der Waals surface area contributed by atoms with Gasteiger partial charge in [-0.3, -0.25) is 4.79 Å². The van der Waals surface area contributed by atoms with E-state index in [4.69, 9.17) is 9.15 Å². The van der Waals surface area contributed by atoms with Crippen molar-refractivity contribution >= 4 is 17.7 Å². The molecule has 6 nitrogen and oxygen atoms in total. The minimum absolute atomic E-state index is 0.117. The van der Waals surface area contributed by atoms with Crippen LogP contribution in [0.5, 0.6) is 5.75 Å². The molecule has 2 aromatic rings. The standard InChI is InChI=1S/C19H25N3O3S/c1-13(18(23)22(2)15-7-5-4-6-8-15)26-19-21-20-17(25-19)14-9-11-16(24-3)12-10-14/h9-13,15H,4-8H2,1-3H3/t13-/m1/s1. The molecule has 0 unspecified atom stereocenters. The minimum atomic E-state index is -0.258. The zero-order valence-electron chi connectivity index (χ0n) is 15.5. The summed E-state index contributed by atoms with van der Waals surface area (Å²) in [6.07, 6.45) is 5.89. The molecule has 1 aliphatic carbocycles. The first-order valence-electron chi connectivity index (χ1n) is 8.99. The van der Waals surface area contributed by atoms with Crippen LogP contribution < -0.4 is 4.74 Å². The number of rotatable bonds is 6. The van der Waals surface area contributed by atoms with Crippen molar-refractivity contribution < 1.29 is 13.9 Å². The van der Waals surface area contributed by atoms with Crippen LogP contribution >= 0.6 is 11.8 Å². The number of aromatic nitrogens is 2. The number of amides is 1. The first kappa shape index (κ1) is 18.8. The normalized spacial score (nSPS) is 16.3. The van der Waals surface area contributed by atoms with E-state index in [1.54, 1.807) is 7.11 Å². The summed E-state index contributed by atoms with van der Waals surface area (Å²) >= 11 is 1.31. The van der Waals surface area contributed by atoms with Crippen LogP contribution in [0.3, 0.4) is 0 Å². The molecular formula is C19H25N3O3S. The van der Waals surface area contributed by atoms with Crippen LogP contribution in [0.15, 0.2) is 33.9 Å². The molecule has 1 aromatic heterocycles. The van der Waals surface area contributed by atoms with Gasteiger partial charge in [-0.2, -0.15) is 0 Å². The Balaban J connectivity index is 1.61. The average Bonchev–Trinajstić information content (AvgIpc) is 3.16. The minimum Gasteiger partial charge on any atom is -0.497 e. The molecular weight excluding hydrogens is 350 g/mol. The molecule has 0 spiro atoms. The molecule has 1 amide bonds. The van der Waals surface area contributed by atoms with Gasteiger partial charge in [0.15, 0.2) is 0 Å². The second-order valence-corrected chi connectivity index (χ2v) is 7.89. The zero-order valence-corrected chi connectivity index (χ0v) is 16.3. The Morgan fingerprint density at radius 2 is 1.92 bits per heavy atom. The summed E-state index contributed by atoms with van der Waals surface area (Å²) in [6, 6.07) is 7.78. The van der Waals surface area contributed by atoms with Crippen molar-refractivity contribution in [3.05, 3.63) is 24.3 Å². The molecule has 140 valence electrons. The molecule has 1 heterocycles. The van der Waals surface area contributed by atoms with Crippen LogP contribution in [-0.2, 0) is 4.79 Å². The molecule has 0 radical (unpaired) electrons. The van der Waals surface area contributed by atoms with E-state index in [1.165, 1.54) is 31.0 Å². The third kappa shape index (κ3) is 4.38. The van der Waals surface area contributed by atoms with E-state index in [0.717, 1.165) is 24.2 Å². The highest BCUT2D eigenvalue weighted by Gasteiger charge is 2.27. The van der Waals surface area contributed by atoms with Gasteiger partial charge in [0.1, 0.15) is 5.75 Å². The number of methoxy groups -OCH3 is 1. The summed E-state index contributed by atoms with van der Waals surface area (Å²) in [4.78, 5) is 14.6. The van der Waals surface area contributed by atoms with Crippen LogP contribution in [-0.4, -0.2) is 46.5 Å². The monoisotopic (exact) mass is 375 g/mol. The van der Waals surface area contributed by atoms with Gasteiger partial charge in [-0.25, -0.2) is 0 Å². The predicted molar refractivity (Wildman–Crippen MR) is 101 cm³/mol. The van der Waals surface area contributed by atoms with Gasteiger partial charge in [0.05, 0.1) is 12.4 Å². The second-order valence-electron chi connectivity index (χ2n) is 6.60. The van der Waals surface area contributed by atoms with E-state index < -0.39 is 0 Å². The topological polar surface area (TPSA) is 68.5 Å². The van der Waals surface area contributed by atoms with Gasteiger partial charge in [0.2, 0.25) is 11.8 Å². The van der Waals surface area contributed by atoms with Crippen molar-refractivity contribution in [2.75, 3.05) is 14.2 Å². The lowest BCUT2D eigenvalue weighted by molar-refractivity contribution is -0.131. The SMILES string of the molecule is COc1ccc(-c2nnc(S[C@H](C)C(=O)N(C)C3CCCCC3)o2)cc1. The summed E-state index contributed by atoms with van der Waals surface area (Å²) in [5, 5.41) is 8.31. The third-order valence-electron chi connectivity index (χ3n) is 4.84. The molecule has 7 heteroatoms. The van der Waals surface area contributed by atoms with E-state index in [2.05, 4.69) is 10.2 Å². The lowest BCUT2D eigenvalue weighted by Gasteiger charge is -2.32. The fraction of sp³-hybridized carbons (Fsp3) is 0.526. The first-order valence-corrected chi connectivity index (χ1v) is 9.87. The van der Waals surface area contributed by atoms with Crippen molar-refractivity contribution in [2.45, 2.75) is 55.5 Å². The Morgan fingerprint density at radius 3 is 2.58 bits per heavy atom. The summed E-state index contributed by atoms with van der Waals surface area (Å²) in [7, 11) is 3.53. The molecule has 0 bridgehead atoms. The Kier molecular flexibility index (Phi) is 6.19. The largest absolute Gasteiger partial charge is 0.497 e. The molecule has 0 saturated heterocycles. The number of benzene rings is 1. The Labute approximate surface area is 158 Å². The molecule has 3 rings (SSSR count). The van der Waals surface area contributed by atoms with Crippen LogP contribution in [0.2, 0.25) is 0 Å². The predicted octanol–water partition coefficient (Wildman–Crippen LogP) is 4.02. The van der Waals surface area contributed by atoms with E-state index >= 15 is 0 Å². The van der Waals surface area contributed by atoms with E-state index in [9.17, 15) is 4.79 Å². The average molecular weight is 375 g/mol. The summed E-state index contributed by atoms with van der Waals surface area (Å²) < 4.78 is 10.9. The van der Waals surface area contributed by atoms with Gasteiger partial charge < -0.3 is 14.1 Å². The lowest BCUT2D eigenvalue weighted by atomic mass is 9.94. The van der Waals surface area contributed by atoms with Gasteiger partial charge in [-0.1, -0.05) is 31.0 Å². The molecule has 1 atom stereocenters. The van der Waals surface area contributed by atoms with Gasteiger partial charge in [0, 0.05) is 18.7 Å². The van der Waals surface area contributed by atoms with Crippen molar-refractivity contribution in [3.63, 3.8) is 0 Å². The molecule has 1 aliphatic rings. The highest BCUT2D eigenvalue weighted by atomic mass is 32.2. The van der Waals surface area contributed by atoms with Crippen LogP contribution in [0.25, 0.3) is 11.5 Å². The van der Waals surface area contributed by atoms with Gasteiger partial charge >= 0.3 is 0 Å². The van der Waals surface area contributed by atoms with Crippen LogP contribution in [0, 0.1) is 0 Å². The second kappa shape index (κ2) is 8.58. The van der Waals surface area contributed by atoms with E-state index in [1.807, 2.05) is 43.1 Å². The summed E-state index contributed by atoms with van der Waals surface area (Å²) in [5.41, 5.74) is 0.823. The van der Waals surface area contributed by atoms with E-state index in [0.29, 0.717) is 17.2 Å². The smallest absolute Gasteiger partial charge is 0.277 e. The Bertz CT molecular complexity index is 726. The van der Waals surface area contributed by atoms with Crippen molar-refractivity contribution in [1.82, 2.24) is 15.1 Å². The summed E-state index contributed by atoms with van der Waals surface area (Å²) in [5.74, 6) is 1.33. The molecule has 1 saturated carbocycles.